The van der Waals surface area contributed by atoms with Crippen molar-refractivity contribution >= 4 is 21.4 Å². The highest BCUT2D eigenvalue weighted by Crippen LogP contribution is 2.26. The lowest BCUT2D eigenvalue weighted by atomic mass is 10.1. The molecule has 3 rings (SSSR count). The van der Waals surface area contributed by atoms with Crippen molar-refractivity contribution in [3.8, 4) is 0 Å². The maximum absolute atomic E-state index is 3.60. The average molecular weight is 274 g/mol. The topological polar surface area (TPSA) is 15.3 Å². The molecule has 1 atom stereocenters. The van der Waals surface area contributed by atoms with Crippen LogP contribution in [0.2, 0.25) is 0 Å². The Balaban J connectivity index is 1.71. The second-order valence-corrected chi connectivity index (χ2v) is 6.29. The van der Waals surface area contributed by atoms with Crippen LogP contribution in [0.1, 0.15) is 25.3 Å². The van der Waals surface area contributed by atoms with Gasteiger partial charge in [0.1, 0.15) is 0 Å². The van der Waals surface area contributed by atoms with Gasteiger partial charge in [0.2, 0.25) is 0 Å². The summed E-state index contributed by atoms with van der Waals surface area (Å²) in [6.45, 7) is 6.86. The zero-order valence-corrected chi connectivity index (χ0v) is 12.4. The summed E-state index contributed by atoms with van der Waals surface area (Å²) < 4.78 is 1.41. The van der Waals surface area contributed by atoms with E-state index in [-0.39, 0.29) is 0 Å². The highest BCUT2D eigenvalue weighted by Gasteiger charge is 2.17. The number of hydrogen-bond acceptors (Lipinski definition) is 3. The van der Waals surface area contributed by atoms with Gasteiger partial charge in [-0.2, -0.15) is 0 Å². The first-order valence-electron chi connectivity index (χ1n) is 7.27. The Morgan fingerprint density at radius 3 is 3.05 bits per heavy atom. The van der Waals surface area contributed by atoms with Gasteiger partial charge in [-0.05, 0) is 48.3 Å². The Morgan fingerprint density at radius 1 is 1.37 bits per heavy atom. The van der Waals surface area contributed by atoms with Crippen molar-refractivity contribution in [1.82, 2.24) is 10.2 Å². The van der Waals surface area contributed by atoms with Crippen LogP contribution in [-0.2, 0) is 6.54 Å². The maximum atomic E-state index is 3.60. The molecule has 2 heterocycles. The van der Waals surface area contributed by atoms with Crippen molar-refractivity contribution in [1.29, 1.82) is 0 Å². The molecule has 1 aromatic heterocycles. The van der Waals surface area contributed by atoms with E-state index >= 15 is 0 Å². The fourth-order valence-electron chi connectivity index (χ4n) is 2.93. The van der Waals surface area contributed by atoms with Crippen LogP contribution in [0.15, 0.2) is 29.6 Å². The summed E-state index contributed by atoms with van der Waals surface area (Å²) in [6, 6.07) is 9.45. The number of nitrogens with one attached hydrogen (secondary N) is 1. The van der Waals surface area contributed by atoms with Crippen molar-refractivity contribution in [3.63, 3.8) is 0 Å². The molecule has 3 heteroatoms. The molecule has 1 fully saturated rings. The van der Waals surface area contributed by atoms with Crippen LogP contribution < -0.4 is 5.32 Å². The normalized spacial score (nSPS) is 19.6. The first-order chi connectivity index (χ1) is 9.36. The SMILES string of the molecule is CCN(Cc1csc2ccccc12)CC1CCCN1. The van der Waals surface area contributed by atoms with Gasteiger partial charge in [-0.15, -0.1) is 11.3 Å². The highest BCUT2D eigenvalue weighted by atomic mass is 32.1. The molecule has 0 spiro atoms. The first-order valence-corrected chi connectivity index (χ1v) is 8.15. The van der Waals surface area contributed by atoms with E-state index in [1.807, 2.05) is 11.3 Å². The van der Waals surface area contributed by atoms with E-state index in [0.29, 0.717) is 6.04 Å². The molecule has 0 aliphatic carbocycles. The minimum atomic E-state index is 0.699. The number of rotatable bonds is 5. The van der Waals surface area contributed by atoms with Crippen LogP contribution in [0.25, 0.3) is 10.1 Å². The lowest BCUT2D eigenvalue weighted by Crippen LogP contribution is -2.37. The Bertz CT molecular complexity index is 528. The molecule has 1 aliphatic rings. The maximum Gasteiger partial charge on any atom is 0.0346 e. The molecule has 1 unspecified atom stereocenters. The fourth-order valence-corrected chi connectivity index (χ4v) is 3.88. The Kier molecular flexibility index (Phi) is 4.16. The van der Waals surface area contributed by atoms with Gasteiger partial charge in [0, 0.05) is 23.8 Å². The largest absolute Gasteiger partial charge is 0.313 e. The monoisotopic (exact) mass is 274 g/mol. The van der Waals surface area contributed by atoms with Crippen molar-refractivity contribution in [2.45, 2.75) is 32.4 Å². The number of likely N-dealkylation sites (N-methyl/N-ethyl adjacent to an activating group) is 1. The molecule has 2 aromatic rings. The molecule has 1 saturated heterocycles. The third-order valence-electron chi connectivity index (χ3n) is 4.04. The van der Waals surface area contributed by atoms with Crippen molar-refractivity contribution in [2.75, 3.05) is 19.6 Å². The van der Waals surface area contributed by atoms with Gasteiger partial charge in [-0.3, -0.25) is 4.90 Å². The van der Waals surface area contributed by atoms with E-state index in [1.54, 1.807) is 0 Å². The molecule has 0 radical (unpaired) electrons. The molecule has 19 heavy (non-hydrogen) atoms. The van der Waals surface area contributed by atoms with Gasteiger partial charge in [-0.1, -0.05) is 25.1 Å². The quantitative estimate of drug-likeness (QED) is 0.898. The van der Waals surface area contributed by atoms with Crippen LogP contribution in [0, 0.1) is 0 Å². The molecule has 102 valence electrons. The van der Waals surface area contributed by atoms with Gasteiger partial charge >= 0.3 is 0 Å². The minimum absolute atomic E-state index is 0.699. The van der Waals surface area contributed by atoms with E-state index in [4.69, 9.17) is 0 Å². The summed E-state index contributed by atoms with van der Waals surface area (Å²) in [5.74, 6) is 0. The van der Waals surface area contributed by atoms with Crippen LogP contribution in [0.5, 0.6) is 0 Å². The van der Waals surface area contributed by atoms with Gasteiger partial charge in [0.05, 0.1) is 0 Å². The first kappa shape index (κ1) is 13.1. The Labute approximate surface area is 119 Å². The van der Waals surface area contributed by atoms with Gasteiger partial charge in [0.15, 0.2) is 0 Å². The summed E-state index contributed by atoms with van der Waals surface area (Å²) in [4.78, 5) is 2.57. The molecule has 0 amide bonds. The predicted molar refractivity (Wildman–Crippen MR) is 83.8 cm³/mol. The zero-order chi connectivity index (χ0) is 13.1. The third-order valence-corrected chi connectivity index (χ3v) is 5.06. The Hall–Kier alpha value is -0.900. The minimum Gasteiger partial charge on any atom is -0.313 e. The van der Waals surface area contributed by atoms with E-state index in [2.05, 4.69) is 46.8 Å². The predicted octanol–water partition coefficient (Wildman–Crippen LogP) is 3.48. The van der Waals surface area contributed by atoms with E-state index in [1.165, 1.54) is 41.6 Å². The molecular weight excluding hydrogens is 252 g/mol. The summed E-state index contributed by atoms with van der Waals surface area (Å²) in [5.41, 5.74) is 1.49. The number of nitrogens with zero attached hydrogens (tertiary/aromatic N) is 1. The van der Waals surface area contributed by atoms with E-state index < -0.39 is 0 Å². The van der Waals surface area contributed by atoms with E-state index in [0.717, 1.165) is 13.1 Å². The molecule has 0 saturated carbocycles. The van der Waals surface area contributed by atoms with Gasteiger partial charge in [0.25, 0.3) is 0 Å². The van der Waals surface area contributed by atoms with Crippen molar-refractivity contribution in [3.05, 3.63) is 35.2 Å². The zero-order valence-electron chi connectivity index (χ0n) is 11.6. The molecule has 0 bridgehead atoms. The van der Waals surface area contributed by atoms with Crippen molar-refractivity contribution < 1.29 is 0 Å². The number of hydrogen-bond donors (Lipinski definition) is 1. The lowest BCUT2D eigenvalue weighted by molar-refractivity contribution is 0.254. The van der Waals surface area contributed by atoms with Gasteiger partial charge < -0.3 is 5.32 Å². The molecule has 2 nitrogen and oxygen atoms in total. The number of benzene rings is 1. The lowest BCUT2D eigenvalue weighted by Gasteiger charge is -2.24. The van der Waals surface area contributed by atoms with Crippen LogP contribution in [0.3, 0.4) is 0 Å². The molecule has 1 aromatic carbocycles. The summed E-state index contributed by atoms with van der Waals surface area (Å²) >= 11 is 1.87. The number of fused-ring (bicyclic) bond motifs is 1. The number of thiophene rings is 1. The third kappa shape index (κ3) is 2.99. The summed E-state index contributed by atoms with van der Waals surface area (Å²) in [7, 11) is 0. The van der Waals surface area contributed by atoms with E-state index in [9.17, 15) is 0 Å². The summed E-state index contributed by atoms with van der Waals surface area (Å²) in [6.07, 6.45) is 2.67. The fraction of sp³-hybridized carbons (Fsp3) is 0.500. The van der Waals surface area contributed by atoms with Crippen LogP contribution >= 0.6 is 11.3 Å². The Morgan fingerprint density at radius 2 is 2.26 bits per heavy atom. The summed E-state index contributed by atoms with van der Waals surface area (Å²) in [5, 5.41) is 7.36. The highest BCUT2D eigenvalue weighted by molar-refractivity contribution is 7.17. The smallest absolute Gasteiger partial charge is 0.0346 e. The average Bonchev–Trinajstić information content (AvgIpc) is 3.08. The standard InChI is InChI=1S/C16H22N2S/c1-2-18(11-14-6-5-9-17-14)10-13-12-19-16-8-4-3-7-15(13)16/h3-4,7-8,12,14,17H,2,5-6,9-11H2,1H3. The van der Waals surface area contributed by atoms with Crippen molar-refractivity contribution in [2.24, 2.45) is 0 Å². The molecule has 1 aliphatic heterocycles. The molecule has 1 N–H and O–H groups in total. The van der Waals surface area contributed by atoms with Crippen LogP contribution in [0.4, 0.5) is 0 Å². The van der Waals surface area contributed by atoms with Crippen LogP contribution in [-0.4, -0.2) is 30.6 Å². The second-order valence-electron chi connectivity index (χ2n) is 5.38. The van der Waals surface area contributed by atoms with Gasteiger partial charge in [-0.25, -0.2) is 0 Å². The second kappa shape index (κ2) is 6.04. The molecular formula is C16H22N2S.